The van der Waals surface area contributed by atoms with Gasteiger partial charge in [0.25, 0.3) is 5.56 Å². The van der Waals surface area contributed by atoms with E-state index in [1.54, 1.807) is 13.2 Å². The molecule has 0 unspecified atom stereocenters. The lowest BCUT2D eigenvalue weighted by atomic mass is 9.94. The van der Waals surface area contributed by atoms with Crippen molar-refractivity contribution < 1.29 is 14.3 Å². The fourth-order valence-corrected chi connectivity index (χ4v) is 2.36. The average Bonchev–Trinajstić information content (AvgIpc) is 2.43. The van der Waals surface area contributed by atoms with Crippen LogP contribution in [-0.4, -0.2) is 36.5 Å². The Kier molecular flexibility index (Phi) is 4.68. The number of methoxy groups -OCH3 is 1. The van der Waals surface area contributed by atoms with Crippen LogP contribution in [0.25, 0.3) is 0 Å². The van der Waals surface area contributed by atoms with Crippen molar-refractivity contribution >= 4 is 11.7 Å². The molecule has 108 valence electrons. The molecule has 6 nitrogen and oxygen atoms in total. The maximum Gasteiger partial charge on any atom is 0.251 e. The van der Waals surface area contributed by atoms with Gasteiger partial charge >= 0.3 is 0 Å². The summed E-state index contributed by atoms with van der Waals surface area (Å²) in [4.78, 5) is 35.5. The molecule has 1 heterocycles. The van der Waals surface area contributed by atoms with Crippen LogP contribution < -0.4 is 10.9 Å². The van der Waals surface area contributed by atoms with Crippen molar-refractivity contribution in [3.63, 3.8) is 0 Å². The van der Waals surface area contributed by atoms with E-state index in [2.05, 4.69) is 5.32 Å². The first-order valence-electron chi connectivity index (χ1n) is 6.65. The molecule has 1 N–H and O–H groups in total. The van der Waals surface area contributed by atoms with Gasteiger partial charge < -0.3 is 14.6 Å². The third kappa shape index (κ3) is 3.14. The number of hydrogen-bond acceptors (Lipinski definition) is 4. The molecular formula is C14H18N2O4. The number of pyridine rings is 1. The minimum Gasteiger partial charge on any atom is -0.383 e. The van der Waals surface area contributed by atoms with Gasteiger partial charge in [-0.3, -0.25) is 14.4 Å². The summed E-state index contributed by atoms with van der Waals surface area (Å²) in [5, 5.41) is 2.67. The number of Topliss-reactive ketones (excluding diaryl/α,β-unsaturated/α-hetero) is 1. The van der Waals surface area contributed by atoms with Gasteiger partial charge in [0.15, 0.2) is 5.78 Å². The smallest absolute Gasteiger partial charge is 0.251 e. The van der Waals surface area contributed by atoms with Crippen molar-refractivity contribution in [1.29, 1.82) is 0 Å². The van der Waals surface area contributed by atoms with E-state index in [0.29, 0.717) is 37.3 Å². The summed E-state index contributed by atoms with van der Waals surface area (Å²) >= 11 is 0. The SMILES string of the molecule is COCCNC(=O)Cn1c2c(ccc1=O)C(=O)CCC2. The summed E-state index contributed by atoms with van der Waals surface area (Å²) in [6, 6.07) is 2.92. The van der Waals surface area contributed by atoms with Gasteiger partial charge in [-0.05, 0) is 18.9 Å². The van der Waals surface area contributed by atoms with Gasteiger partial charge in [0, 0.05) is 37.4 Å². The predicted octanol–water partition coefficient (Wildman–Crippen LogP) is 0.130. The first-order valence-corrected chi connectivity index (χ1v) is 6.65. The van der Waals surface area contributed by atoms with Crippen LogP contribution in [0.3, 0.4) is 0 Å². The molecule has 1 aromatic heterocycles. The number of ketones is 1. The highest BCUT2D eigenvalue weighted by Crippen LogP contribution is 2.19. The number of rotatable bonds is 5. The molecule has 20 heavy (non-hydrogen) atoms. The Balaban J connectivity index is 2.19. The van der Waals surface area contributed by atoms with E-state index < -0.39 is 0 Å². The summed E-state index contributed by atoms with van der Waals surface area (Å²) < 4.78 is 6.24. The van der Waals surface area contributed by atoms with E-state index in [1.807, 2.05) is 0 Å². The molecule has 2 rings (SSSR count). The molecule has 0 radical (unpaired) electrons. The quantitative estimate of drug-likeness (QED) is 0.777. The van der Waals surface area contributed by atoms with E-state index in [9.17, 15) is 14.4 Å². The van der Waals surface area contributed by atoms with Crippen LogP contribution >= 0.6 is 0 Å². The zero-order valence-corrected chi connectivity index (χ0v) is 11.5. The number of aromatic nitrogens is 1. The normalized spacial score (nSPS) is 13.9. The maximum atomic E-state index is 11.9. The van der Waals surface area contributed by atoms with E-state index in [-0.39, 0.29) is 23.8 Å². The summed E-state index contributed by atoms with van der Waals surface area (Å²) in [7, 11) is 1.55. The molecule has 0 saturated carbocycles. The highest BCUT2D eigenvalue weighted by Gasteiger charge is 2.21. The van der Waals surface area contributed by atoms with Crippen LogP contribution in [0.4, 0.5) is 0 Å². The summed E-state index contributed by atoms with van der Waals surface area (Å²) in [6.45, 7) is 0.767. The van der Waals surface area contributed by atoms with Crippen LogP contribution in [0.5, 0.6) is 0 Å². The van der Waals surface area contributed by atoms with E-state index >= 15 is 0 Å². The third-order valence-corrected chi connectivity index (χ3v) is 3.34. The molecule has 6 heteroatoms. The summed E-state index contributed by atoms with van der Waals surface area (Å²) in [5.41, 5.74) is 0.997. The van der Waals surface area contributed by atoms with E-state index in [1.165, 1.54) is 10.6 Å². The zero-order chi connectivity index (χ0) is 14.5. The maximum absolute atomic E-state index is 11.9. The summed E-state index contributed by atoms with van der Waals surface area (Å²) in [6.07, 6.45) is 1.88. The first-order chi connectivity index (χ1) is 9.63. The minimum absolute atomic E-state index is 0.0415. The topological polar surface area (TPSA) is 77.4 Å². The molecule has 0 fully saturated rings. The second-order valence-corrected chi connectivity index (χ2v) is 4.74. The number of nitrogens with zero attached hydrogens (tertiary/aromatic N) is 1. The number of nitrogens with one attached hydrogen (secondary N) is 1. The van der Waals surface area contributed by atoms with Gasteiger partial charge in [0.1, 0.15) is 6.54 Å². The van der Waals surface area contributed by atoms with Crippen molar-refractivity contribution in [2.75, 3.05) is 20.3 Å². The predicted molar refractivity (Wildman–Crippen MR) is 72.9 cm³/mol. The van der Waals surface area contributed by atoms with Crippen molar-refractivity contribution in [2.24, 2.45) is 0 Å². The molecule has 0 aliphatic heterocycles. The van der Waals surface area contributed by atoms with Crippen molar-refractivity contribution in [2.45, 2.75) is 25.8 Å². The average molecular weight is 278 g/mol. The Hall–Kier alpha value is -1.95. The largest absolute Gasteiger partial charge is 0.383 e. The van der Waals surface area contributed by atoms with Crippen LogP contribution in [-0.2, 0) is 22.5 Å². The molecule has 1 aliphatic rings. The van der Waals surface area contributed by atoms with E-state index in [4.69, 9.17) is 4.74 Å². The lowest BCUT2D eigenvalue weighted by Crippen LogP contribution is -2.36. The number of ether oxygens (including phenoxy) is 1. The van der Waals surface area contributed by atoms with Gasteiger partial charge in [-0.15, -0.1) is 0 Å². The van der Waals surface area contributed by atoms with Crippen LogP contribution in [0.2, 0.25) is 0 Å². The molecule has 0 bridgehead atoms. The Labute approximate surface area is 116 Å². The monoisotopic (exact) mass is 278 g/mol. The minimum atomic E-state index is -0.254. The number of amides is 1. The van der Waals surface area contributed by atoms with Gasteiger partial charge in [0.2, 0.25) is 5.91 Å². The highest BCUT2D eigenvalue weighted by atomic mass is 16.5. The molecule has 0 aromatic carbocycles. The van der Waals surface area contributed by atoms with Crippen LogP contribution in [0, 0.1) is 0 Å². The molecule has 1 aromatic rings. The van der Waals surface area contributed by atoms with Gasteiger partial charge in [-0.1, -0.05) is 0 Å². The number of carbonyl (C=O) groups excluding carboxylic acids is 2. The summed E-state index contributed by atoms with van der Waals surface area (Å²) in [5.74, 6) is -0.213. The van der Waals surface area contributed by atoms with Crippen molar-refractivity contribution in [3.05, 3.63) is 33.7 Å². The fourth-order valence-electron chi connectivity index (χ4n) is 2.36. The second kappa shape index (κ2) is 6.47. The fraction of sp³-hybridized carbons (Fsp3) is 0.500. The highest BCUT2D eigenvalue weighted by molar-refractivity contribution is 5.98. The Morgan fingerprint density at radius 2 is 2.15 bits per heavy atom. The number of carbonyl (C=O) groups is 2. The standard InChI is InChI=1S/C14H18N2O4/c1-20-8-7-15-13(18)9-16-11-3-2-4-12(17)10(11)5-6-14(16)19/h5-6H,2-4,7-9H2,1H3,(H,15,18). The van der Waals surface area contributed by atoms with Gasteiger partial charge in [0.05, 0.1) is 6.61 Å². The molecule has 1 aliphatic carbocycles. The van der Waals surface area contributed by atoms with Crippen LogP contribution in [0.15, 0.2) is 16.9 Å². The van der Waals surface area contributed by atoms with Gasteiger partial charge in [-0.25, -0.2) is 0 Å². The molecule has 0 saturated heterocycles. The lowest BCUT2D eigenvalue weighted by Gasteiger charge is -2.19. The second-order valence-electron chi connectivity index (χ2n) is 4.74. The first kappa shape index (κ1) is 14.5. The van der Waals surface area contributed by atoms with E-state index in [0.717, 1.165) is 6.42 Å². The molecule has 1 amide bonds. The van der Waals surface area contributed by atoms with Crippen molar-refractivity contribution in [1.82, 2.24) is 9.88 Å². The number of hydrogen-bond donors (Lipinski definition) is 1. The lowest BCUT2D eigenvalue weighted by molar-refractivity contribution is -0.121. The Morgan fingerprint density at radius 1 is 1.35 bits per heavy atom. The molecular weight excluding hydrogens is 260 g/mol. The molecule has 0 spiro atoms. The third-order valence-electron chi connectivity index (χ3n) is 3.34. The molecule has 0 atom stereocenters. The Morgan fingerprint density at radius 3 is 2.90 bits per heavy atom. The Bertz CT molecular complexity index is 577. The number of fused-ring (bicyclic) bond motifs is 1. The van der Waals surface area contributed by atoms with Crippen LogP contribution in [0.1, 0.15) is 28.9 Å². The van der Waals surface area contributed by atoms with Gasteiger partial charge in [-0.2, -0.15) is 0 Å². The zero-order valence-electron chi connectivity index (χ0n) is 11.5. The van der Waals surface area contributed by atoms with Crippen molar-refractivity contribution in [3.8, 4) is 0 Å².